The number of carbonyl (C=O) groups excluding carboxylic acids is 2. The molecule has 32 heavy (non-hydrogen) atoms. The van der Waals surface area contributed by atoms with E-state index in [2.05, 4.69) is 12.2 Å². The Morgan fingerprint density at radius 1 is 0.906 bits per heavy atom. The first-order valence-corrected chi connectivity index (χ1v) is 12.0. The fourth-order valence-corrected chi connectivity index (χ4v) is 6.54. The maximum Gasteiger partial charge on any atom is 0.238 e. The van der Waals surface area contributed by atoms with Gasteiger partial charge in [-0.05, 0) is 78.3 Å². The van der Waals surface area contributed by atoms with Gasteiger partial charge in [0, 0.05) is 0 Å². The van der Waals surface area contributed by atoms with Gasteiger partial charge < -0.3 is 5.11 Å². The van der Waals surface area contributed by atoms with E-state index in [4.69, 9.17) is 23.2 Å². The first-order valence-electron chi connectivity index (χ1n) is 11.2. The third-order valence-corrected chi connectivity index (χ3v) is 8.63. The van der Waals surface area contributed by atoms with Crippen molar-refractivity contribution in [2.75, 3.05) is 4.90 Å². The number of halogens is 2. The molecule has 3 fully saturated rings. The van der Waals surface area contributed by atoms with Crippen molar-refractivity contribution in [3.8, 4) is 0 Å². The van der Waals surface area contributed by atoms with Crippen LogP contribution in [-0.2, 0) is 16.0 Å². The molecule has 2 aromatic carbocycles. The first-order chi connectivity index (χ1) is 15.4. The highest BCUT2D eigenvalue weighted by atomic mass is 35.5. The molecule has 164 valence electrons. The normalized spacial score (nSPS) is 32.8. The molecular formula is C26H23Cl2NO3. The summed E-state index contributed by atoms with van der Waals surface area (Å²) in [5.74, 6) is 1.12. The summed E-state index contributed by atoms with van der Waals surface area (Å²) in [6.45, 7) is 0. The number of allylic oxidation sites excluding steroid dienone is 2. The summed E-state index contributed by atoms with van der Waals surface area (Å²) < 4.78 is 0. The standard InChI is InChI=1S/C26H23Cl2NO3/c27-20-9-1-13(11-21(20)28)2-10-22(30)14-3-5-15(6-4-14)29-25(31)23-16-7-8-17(19-12-18(16)19)24(23)26(29)32/h1,3-9,11,16-19,22-24,30H,2,10,12H2. The molecule has 7 rings (SSSR count). The summed E-state index contributed by atoms with van der Waals surface area (Å²) in [4.78, 5) is 27.9. The predicted octanol–water partition coefficient (Wildman–Crippen LogP) is 5.22. The van der Waals surface area contributed by atoms with Crippen LogP contribution in [0, 0.1) is 35.5 Å². The van der Waals surface area contributed by atoms with Crippen molar-refractivity contribution in [2.45, 2.75) is 25.4 Å². The van der Waals surface area contributed by atoms with Crippen molar-refractivity contribution >= 4 is 40.7 Å². The van der Waals surface area contributed by atoms with E-state index in [0.29, 0.717) is 40.4 Å². The molecule has 2 amide bonds. The van der Waals surface area contributed by atoms with Crippen LogP contribution in [-0.4, -0.2) is 16.9 Å². The van der Waals surface area contributed by atoms with E-state index in [1.165, 1.54) is 4.90 Å². The van der Waals surface area contributed by atoms with Crippen LogP contribution in [0.15, 0.2) is 54.6 Å². The summed E-state index contributed by atoms with van der Waals surface area (Å²) in [5, 5.41) is 11.6. The fraction of sp³-hybridized carbons (Fsp3) is 0.385. The zero-order chi connectivity index (χ0) is 22.1. The van der Waals surface area contributed by atoms with E-state index >= 15 is 0 Å². The van der Waals surface area contributed by atoms with Crippen LogP contribution in [0.25, 0.3) is 0 Å². The highest BCUT2D eigenvalue weighted by molar-refractivity contribution is 6.42. The average Bonchev–Trinajstić information content (AvgIpc) is 3.58. The number of hydrogen-bond donors (Lipinski definition) is 1. The summed E-state index contributed by atoms with van der Waals surface area (Å²) >= 11 is 12.0. The molecule has 0 spiro atoms. The second-order valence-corrected chi connectivity index (χ2v) is 10.4. The lowest BCUT2D eigenvalue weighted by Gasteiger charge is -2.37. The minimum Gasteiger partial charge on any atom is -0.388 e. The van der Waals surface area contributed by atoms with Gasteiger partial charge in [-0.1, -0.05) is 53.6 Å². The van der Waals surface area contributed by atoms with Crippen molar-refractivity contribution < 1.29 is 14.7 Å². The maximum atomic E-state index is 13.2. The monoisotopic (exact) mass is 467 g/mol. The van der Waals surface area contributed by atoms with E-state index < -0.39 is 6.10 Å². The number of benzene rings is 2. The molecule has 6 heteroatoms. The van der Waals surface area contributed by atoms with Crippen molar-refractivity contribution in [2.24, 2.45) is 35.5 Å². The van der Waals surface area contributed by atoms with Crippen LogP contribution in [0.5, 0.6) is 0 Å². The van der Waals surface area contributed by atoms with Crippen LogP contribution in [0.2, 0.25) is 10.0 Å². The Hall–Kier alpha value is -2.14. The van der Waals surface area contributed by atoms with E-state index in [1.54, 1.807) is 18.2 Å². The Kier molecular flexibility index (Phi) is 4.76. The topological polar surface area (TPSA) is 57.6 Å². The van der Waals surface area contributed by atoms with Gasteiger partial charge in [0.15, 0.2) is 0 Å². The average molecular weight is 468 g/mol. The molecule has 0 radical (unpaired) electrons. The number of amides is 2. The number of nitrogens with zero attached hydrogens (tertiary/aromatic N) is 1. The Bertz CT molecular complexity index is 1110. The van der Waals surface area contributed by atoms with Crippen LogP contribution in [0.1, 0.15) is 30.1 Å². The quantitative estimate of drug-likeness (QED) is 0.484. The lowest BCUT2D eigenvalue weighted by Crippen LogP contribution is -2.40. The molecule has 4 aliphatic carbocycles. The van der Waals surface area contributed by atoms with Crippen LogP contribution in [0.4, 0.5) is 5.69 Å². The molecule has 2 saturated carbocycles. The second kappa shape index (κ2) is 7.44. The van der Waals surface area contributed by atoms with Gasteiger partial charge in [0.05, 0.1) is 33.7 Å². The number of aryl methyl sites for hydroxylation is 1. The van der Waals surface area contributed by atoms with Crippen molar-refractivity contribution in [3.63, 3.8) is 0 Å². The van der Waals surface area contributed by atoms with Crippen LogP contribution < -0.4 is 4.90 Å². The van der Waals surface area contributed by atoms with E-state index in [1.807, 2.05) is 24.3 Å². The third kappa shape index (κ3) is 3.07. The fourth-order valence-electron chi connectivity index (χ4n) is 6.22. The van der Waals surface area contributed by atoms with Gasteiger partial charge in [-0.15, -0.1) is 0 Å². The Labute approximate surface area is 196 Å². The highest BCUT2D eigenvalue weighted by Crippen LogP contribution is 2.65. The van der Waals surface area contributed by atoms with Gasteiger partial charge in [0.25, 0.3) is 0 Å². The van der Waals surface area contributed by atoms with Gasteiger partial charge in [0.2, 0.25) is 11.8 Å². The summed E-state index contributed by atoms with van der Waals surface area (Å²) in [5.41, 5.74) is 2.36. The van der Waals surface area contributed by atoms with Crippen LogP contribution >= 0.6 is 23.2 Å². The Balaban J connectivity index is 1.16. The van der Waals surface area contributed by atoms with Gasteiger partial charge in [-0.25, -0.2) is 0 Å². The van der Waals surface area contributed by atoms with Crippen molar-refractivity contribution in [3.05, 3.63) is 75.8 Å². The molecule has 7 atom stereocenters. The number of hydrogen-bond acceptors (Lipinski definition) is 3. The van der Waals surface area contributed by atoms with Gasteiger partial charge in [-0.2, -0.15) is 0 Å². The molecule has 0 aromatic heterocycles. The molecule has 2 bridgehead atoms. The predicted molar refractivity (Wildman–Crippen MR) is 123 cm³/mol. The molecule has 7 unspecified atom stereocenters. The SMILES string of the molecule is O=C1C2C3C=CC(C4CC34)C2C(=O)N1c1ccc(C(O)CCc2ccc(Cl)c(Cl)c2)cc1. The van der Waals surface area contributed by atoms with Crippen molar-refractivity contribution in [1.82, 2.24) is 0 Å². The molecule has 2 aromatic rings. The van der Waals surface area contributed by atoms with Gasteiger partial charge >= 0.3 is 0 Å². The lowest BCUT2D eigenvalue weighted by molar-refractivity contribution is -0.124. The number of imide groups is 1. The van der Waals surface area contributed by atoms with Gasteiger partial charge in [0.1, 0.15) is 0 Å². The summed E-state index contributed by atoms with van der Waals surface area (Å²) in [6, 6.07) is 12.6. The molecule has 4 nitrogen and oxygen atoms in total. The molecule has 5 aliphatic rings. The Morgan fingerprint density at radius 2 is 1.53 bits per heavy atom. The zero-order valence-corrected chi connectivity index (χ0v) is 18.8. The minimum atomic E-state index is -0.654. The minimum absolute atomic E-state index is 0.0578. The largest absolute Gasteiger partial charge is 0.388 e. The number of carbonyl (C=O) groups is 2. The van der Waals surface area contributed by atoms with E-state index in [0.717, 1.165) is 17.5 Å². The summed E-state index contributed by atoms with van der Waals surface area (Å²) in [6.07, 6.45) is 6.05. The number of anilines is 1. The smallest absolute Gasteiger partial charge is 0.238 e. The first kappa shape index (κ1) is 20.5. The highest BCUT2D eigenvalue weighted by Gasteiger charge is 2.67. The van der Waals surface area contributed by atoms with Gasteiger partial charge in [-0.3, -0.25) is 14.5 Å². The van der Waals surface area contributed by atoms with Crippen molar-refractivity contribution in [1.29, 1.82) is 0 Å². The number of aliphatic hydroxyl groups is 1. The Morgan fingerprint density at radius 3 is 2.12 bits per heavy atom. The van der Waals surface area contributed by atoms with E-state index in [9.17, 15) is 14.7 Å². The molecule has 1 aliphatic heterocycles. The third-order valence-electron chi connectivity index (χ3n) is 7.89. The lowest BCUT2D eigenvalue weighted by atomic mass is 9.63. The summed E-state index contributed by atoms with van der Waals surface area (Å²) in [7, 11) is 0. The molecular weight excluding hydrogens is 445 g/mol. The maximum absolute atomic E-state index is 13.2. The van der Waals surface area contributed by atoms with Crippen LogP contribution in [0.3, 0.4) is 0 Å². The molecule has 1 saturated heterocycles. The van der Waals surface area contributed by atoms with E-state index in [-0.39, 0.29) is 35.5 Å². The molecule has 1 N–H and O–H groups in total. The molecule has 1 heterocycles. The second-order valence-electron chi connectivity index (χ2n) is 9.56. The number of aliphatic hydroxyl groups excluding tert-OH is 1. The number of rotatable bonds is 5. The zero-order valence-electron chi connectivity index (χ0n) is 17.3.